The summed E-state index contributed by atoms with van der Waals surface area (Å²) in [5.41, 5.74) is 1.78. The second-order valence-corrected chi connectivity index (χ2v) is 7.53. The van der Waals surface area contributed by atoms with Crippen molar-refractivity contribution in [3.8, 4) is 5.75 Å². The zero-order valence-corrected chi connectivity index (χ0v) is 17.6. The average molecular weight is 422 g/mol. The molecule has 30 heavy (non-hydrogen) atoms. The second-order valence-electron chi connectivity index (χ2n) is 6.55. The van der Waals surface area contributed by atoms with Gasteiger partial charge in [0.05, 0.1) is 18.7 Å². The molecule has 0 aliphatic rings. The van der Waals surface area contributed by atoms with Gasteiger partial charge in [-0.25, -0.2) is 4.79 Å². The van der Waals surface area contributed by atoms with Gasteiger partial charge in [-0.3, -0.25) is 4.79 Å². The Morgan fingerprint density at radius 1 is 1.03 bits per heavy atom. The minimum absolute atomic E-state index is 0.145. The first kappa shape index (κ1) is 21.3. The monoisotopic (exact) mass is 421 g/mol. The standard InChI is InChI=1S/C24H23NO4S/c1-17(22-13-8-14-30-22)25-23(26)16-29-24(27)20(18-9-4-3-5-10-18)15-19-11-6-7-12-21(19)28-2/h3-15,17H,16H2,1-2H3,(H,25,26)/b20-15+/t17-/m1/s1. The molecule has 3 aromatic rings. The van der Waals surface area contributed by atoms with Gasteiger partial charge < -0.3 is 14.8 Å². The number of methoxy groups -OCH3 is 1. The third kappa shape index (κ3) is 5.58. The lowest BCUT2D eigenvalue weighted by atomic mass is 10.0. The van der Waals surface area contributed by atoms with E-state index >= 15 is 0 Å². The van der Waals surface area contributed by atoms with Crippen LogP contribution in [-0.2, 0) is 14.3 Å². The van der Waals surface area contributed by atoms with Crippen LogP contribution in [0.15, 0.2) is 72.1 Å². The SMILES string of the molecule is COc1ccccc1/C=C(/C(=O)OCC(=O)N[C@H](C)c1cccs1)c1ccccc1. The van der Waals surface area contributed by atoms with Crippen molar-refractivity contribution in [2.45, 2.75) is 13.0 Å². The van der Waals surface area contributed by atoms with E-state index < -0.39 is 5.97 Å². The Kier molecular flexibility index (Phi) is 7.40. The van der Waals surface area contributed by atoms with Gasteiger partial charge in [0, 0.05) is 10.4 Å². The van der Waals surface area contributed by atoms with E-state index in [1.54, 1.807) is 24.5 Å². The number of nitrogens with one attached hydrogen (secondary N) is 1. The van der Waals surface area contributed by atoms with E-state index in [1.807, 2.05) is 79.0 Å². The van der Waals surface area contributed by atoms with Gasteiger partial charge >= 0.3 is 5.97 Å². The summed E-state index contributed by atoms with van der Waals surface area (Å²) in [7, 11) is 1.58. The minimum atomic E-state index is -0.578. The van der Waals surface area contributed by atoms with Crippen molar-refractivity contribution in [2.24, 2.45) is 0 Å². The van der Waals surface area contributed by atoms with Gasteiger partial charge in [0.2, 0.25) is 0 Å². The van der Waals surface area contributed by atoms with Crippen molar-refractivity contribution < 1.29 is 19.1 Å². The van der Waals surface area contributed by atoms with Crippen molar-refractivity contribution in [1.29, 1.82) is 0 Å². The molecule has 154 valence electrons. The Bertz CT molecular complexity index is 1010. The summed E-state index contributed by atoms with van der Waals surface area (Å²) in [5, 5.41) is 4.79. The van der Waals surface area contributed by atoms with Crippen LogP contribution in [0.25, 0.3) is 11.6 Å². The molecule has 0 saturated carbocycles. The largest absolute Gasteiger partial charge is 0.496 e. The number of carbonyl (C=O) groups excluding carboxylic acids is 2. The molecule has 0 bridgehead atoms. The highest BCUT2D eigenvalue weighted by atomic mass is 32.1. The summed E-state index contributed by atoms with van der Waals surface area (Å²) < 4.78 is 10.7. The van der Waals surface area contributed by atoms with Gasteiger partial charge in [-0.15, -0.1) is 11.3 Å². The molecule has 1 N–H and O–H groups in total. The first-order valence-corrected chi connectivity index (χ1v) is 10.4. The number of hydrogen-bond donors (Lipinski definition) is 1. The Labute approximate surface area is 180 Å². The normalized spacial score (nSPS) is 12.1. The van der Waals surface area contributed by atoms with Crippen LogP contribution in [0.2, 0.25) is 0 Å². The molecule has 0 radical (unpaired) electrons. The molecule has 6 heteroatoms. The number of hydrogen-bond acceptors (Lipinski definition) is 5. The Morgan fingerprint density at radius 2 is 1.77 bits per heavy atom. The van der Waals surface area contributed by atoms with E-state index in [2.05, 4.69) is 5.32 Å². The molecular formula is C24H23NO4S. The van der Waals surface area contributed by atoms with Crippen LogP contribution in [0.5, 0.6) is 5.75 Å². The Morgan fingerprint density at radius 3 is 2.47 bits per heavy atom. The molecule has 1 aromatic heterocycles. The molecular weight excluding hydrogens is 398 g/mol. The first-order chi connectivity index (χ1) is 14.6. The molecule has 0 unspecified atom stereocenters. The number of benzene rings is 2. The molecule has 0 aliphatic heterocycles. The minimum Gasteiger partial charge on any atom is -0.496 e. The van der Waals surface area contributed by atoms with Gasteiger partial charge in [0.25, 0.3) is 5.91 Å². The fourth-order valence-corrected chi connectivity index (χ4v) is 3.65. The van der Waals surface area contributed by atoms with E-state index in [4.69, 9.17) is 9.47 Å². The van der Waals surface area contributed by atoms with Crippen LogP contribution < -0.4 is 10.1 Å². The maximum Gasteiger partial charge on any atom is 0.339 e. The molecule has 1 heterocycles. The smallest absolute Gasteiger partial charge is 0.339 e. The maximum atomic E-state index is 12.9. The Balaban J connectivity index is 1.74. The summed E-state index contributed by atoms with van der Waals surface area (Å²) in [6.45, 7) is 1.53. The van der Waals surface area contributed by atoms with E-state index in [-0.39, 0.29) is 18.6 Å². The zero-order valence-electron chi connectivity index (χ0n) is 16.8. The average Bonchev–Trinajstić information content (AvgIpc) is 3.32. The zero-order chi connectivity index (χ0) is 21.3. The predicted octanol–water partition coefficient (Wildman–Crippen LogP) is 4.72. The molecule has 2 aromatic carbocycles. The summed E-state index contributed by atoms with van der Waals surface area (Å²) in [4.78, 5) is 26.1. The highest BCUT2D eigenvalue weighted by Crippen LogP contribution is 2.25. The molecule has 1 amide bonds. The molecule has 0 aliphatic carbocycles. The molecule has 0 saturated heterocycles. The van der Waals surface area contributed by atoms with Crippen molar-refractivity contribution in [3.05, 3.63) is 88.1 Å². The number of amides is 1. The molecule has 1 atom stereocenters. The summed E-state index contributed by atoms with van der Waals surface area (Å²) >= 11 is 1.56. The number of thiophene rings is 1. The highest BCUT2D eigenvalue weighted by molar-refractivity contribution is 7.10. The highest BCUT2D eigenvalue weighted by Gasteiger charge is 2.17. The lowest BCUT2D eigenvalue weighted by molar-refractivity contribution is -0.143. The molecule has 5 nitrogen and oxygen atoms in total. The number of ether oxygens (including phenoxy) is 2. The van der Waals surface area contributed by atoms with Gasteiger partial charge in [0.1, 0.15) is 5.75 Å². The predicted molar refractivity (Wildman–Crippen MR) is 119 cm³/mol. The number of para-hydroxylation sites is 1. The number of esters is 1. The molecule has 0 fully saturated rings. The first-order valence-electron chi connectivity index (χ1n) is 9.48. The van der Waals surface area contributed by atoms with E-state index in [1.165, 1.54) is 0 Å². The Hall–Kier alpha value is -3.38. The van der Waals surface area contributed by atoms with Gasteiger partial charge in [-0.05, 0) is 36.1 Å². The van der Waals surface area contributed by atoms with E-state index in [0.717, 1.165) is 10.4 Å². The van der Waals surface area contributed by atoms with Gasteiger partial charge in [-0.1, -0.05) is 54.6 Å². The van der Waals surface area contributed by atoms with Crippen molar-refractivity contribution in [3.63, 3.8) is 0 Å². The molecule has 0 spiro atoms. The fraction of sp³-hybridized carbons (Fsp3) is 0.167. The third-order valence-corrected chi connectivity index (χ3v) is 5.48. The summed E-state index contributed by atoms with van der Waals surface area (Å²) in [6, 6.07) is 20.3. The lowest BCUT2D eigenvalue weighted by Gasteiger charge is -2.13. The summed E-state index contributed by atoms with van der Waals surface area (Å²) in [5.74, 6) is -0.291. The van der Waals surface area contributed by atoms with Gasteiger partial charge in [0.15, 0.2) is 6.61 Å². The van der Waals surface area contributed by atoms with Crippen LogP contribution in [0.4, 0.5) is 0 Å². The van der Waals surface area contributed by atoms with E-state index in [9.17, 15) is 9.59 Å². The van der Waals surface area contributed by atoms with Crippen LogP contribution in [-0.4, -0.2) is 25.6 Å². The third-order valence-electron chi connectivity index (χ3n) is 4.43. The lowest BCUT2D eigenvalue weighted by Crippen LogP contribution is -2.30. The van der Waals surface area contributed by atoms with Crippen LogP contribution >= 0.6 is 11.3 Å². The van der Waals surface area contributed by atoms with Crippen molar-refractivity contribution in [1.82, 2.24) is 5.32 Å². The topological polar surface area (TPSA) is 64.6 Å². The quantitative estimate of drug-likeness (QED) is 0.325. The van der Waals surface area contributed by atoms with Crippen LogP contribution in [0.3, 0.4) is 0 Å². The van der Waals surface area contributed by atoms with Crippen molar-refractivity contribution >= 4 is 34.9 Å². The van der Waals surface area contributed by atoms with Crippen LogP contribution in [0.1, 0.15) is 29.0 Å². The van der Waals surface area contributed by atoms with Crippen molar-refractivity contribution in [2.75, 3.05) is 13.7 Å². The van der Waals surface area contributed by atoms with Gasteiger partial charge in [-0.2, -0.15) is 0 Å². The second kappa shape index (κ2) is 10.4. The van der Waals surface area contributed by atoms with E-state index in [0.29, 0.717) is 16.9 Å². The maximum absolute atomic E-state index is 12.9. The molecule has 3 rings (SSSR count). The number of carbonyl (C=O) groups is 2. The number of rotatable bonds is 8. The van der Waals surface area contributed by atoms with Crippen LogP contribution in [0, 0.1) is 0 Å². The summed E-state index contributed by atoms with van der Waals surface area (Å²) in [6.07, 6.45) is 1.71. The fourth-order valence-electron chi connectivity index (χ4n) is 2.92.